The van der Waals surface area contributed by atoms with E-state index in [2.05, 4.69) is 36.3 Å². The van der Waals surface area contributed by atoms with E-state index in [4.69, 9.17) is 4.74 Å². The van der Waals surface area contributed by atoms with Crippen molar-refractivity contribution in [3.63, 3.8) is 0 Å². The number of ether oxygens (including phenoxy) is 1. The standard InChI is InChI=1S/C16H20N2O/c1-4-17-10-14-7-8-16(18-11-14)19-15-9-12(2)5-6-13(15)3/h5-9,11,17H,4,10H2,1-3H3. The summed E-state index contributed by atoms with van der Waals surface area (Å²) in [6.45, 7) is 7.98. The number of aryl methyl sites for hydroxylation is 2. The lowest BCUT2D eigenvalue weighted by Crippen LogP contribution is -2.11. The molecule has 0 fully saturated rings. The van der Waals surface area contributed by atoms with Crippen LogP contribution in [0, 0.1) is 13.8 Å². The van der Waals surface area contributed by atoms with Crippen molar-refractivity contribution < 1.29 is 4.74 Å². The first-order chi connectivity index (χ1) is 9.19. The van der Waals surface area contributed by atoms with Crippen LogP contribution < -0.4 is 10.1 Å². The van der Waals surface area contributed by atoms with E-state index in [1.165, 1.54) is 5.56 Å². The molecular weight excluding hydrogens is 236 g/mol. The topological polar surface area (TPSA) is 34.1 Å². The number of pyridine rings is 1. The Morgan fingerprint density at radius 2 is 2.00 bits per heavy atom. The third-order valence-corrected chi connectivity index (χ3v) is 2.93. The van der Waals surface area contributed by atoms with E-state index in [0.717, 1.165) is 30.0 Å². The van der Waals surface area contributed by atoms with Crippen LogP contribution >= 0.6 is 0 Å². The molecule has 2 rings (SSSR count). The average Bonchev–Trinajstić information content (AvgIpc) is 2.42. The number of aromatic nitrogens is 1. The molecule has 100 valence electrons. The van der Waals surface area contributed by atoms with Crippen molar-refractivity contribution in [1.29, 1.82) is 0 Å². The molecule has 0 bridgehead atoms. The molecule has 0 radical (unpaired) electrons. The van der Waals surface area contributed by atoms with Crippen molar-refractivity contribution in [2.24, 2.45) is 0 Å². The molecule has 3 heteroatoms. The van der Waals surface area contributed by atoms with Crippen LogP contribution in [-0.2, 0) is 6.54 Å². The number of hydrogen-bond acceptors (Lipinski definition) is 3. The first-order valence-electron chi connectivity index (χ1n) is 6.60. The summed E-state index contributed by atoms with van der Waals surface area (Å²) in [5.74, 6) is 1.50. The van der Waals surface area contributed by atoms with Gasteiger partial charge in [0, 0.05) is 18.8 Å². The molecule has 0 saturated heterocycles. The third kappa shape index (κ3) is 3.80. The molecule has 0 aliphatic heterocycles. The zero-order valence-electron chi connectivity index (χ0n) is 11.7. The minimum Gasteiger partial charge on any atom is -0.439 e. The summed E-state index contributed by atoms with van der Waals surface area (Å²) in [6.07, 6.45) is 1.85. The maximum absolute atomic E-state index is 5.82. The Labute approximate surface area is 114 Å². The molecule has 0 aliphatic carbocycles. The molecule has 0 saturated carbocycles. The Balaban J connectivity index is 2.08. The largest absolute Gasteiger partial charge is 0.439 e. The quantitative estimate of drug-likeness (QED) is 0.887. The van der Waals surface area contributed by atoms with Gasteiger partial charge in [-0.3, -0.25) is 0 Å². The molecule has 3 nitrogen and oxygen atoms in total. The molecular formula is C16H20N2O. The van der Waals surface area contributed by atoms with Crippen molar-refractivity contribution >= 4 is 0 Å². The maximum Gasteiger partial charge on any atom is 0.219 e. The maximum atomic E-state index is 5.82. The molecule has 1 N–H and O–H groups in total. The van der Waals surface area contributed by atoms with Gasteiger partial charge in [0.25, 0.3) is 0 Å². The van der Waals surface area contributed by atoms with Crippen molar-refractivity contribution in [2.75, 3.05) is 6.54 Å². The smallest absolute Gasteiger partial charge is 0.219 e. The number of nitrogens with zero attached hydrogens (tertiary/aromatic N) is 1. The molecule has 2 aromatic rings. The predicted octanol–water partition coefficient (Wildman–Crippen LogP) is 3.60. The van der Waals surface area contributed by atoms with Crippen LogP contribution in [0.25, 0.3) is 0 Å². The average molecular weight is 256 g/mol. The second-order valence-electron chi connectivity index (χ2n) is 4.66. The molecule has 1 aromatic heterocycles. The third-order valence-electron chi connectivity index (χ3n) is 2.93. The van der Waals surface area contributed by atoms with E-state index in [9.17, 15) is 0 Å². The summed E-state index contributed by atoms with van der Waals surface area (Å²) in [4.78, 5) is 4.34. The normalized spacial score (nSPS) is 10.5. The van der Waals surface area contributed by atoms with Crippen molar-refractivity contribution in [3.05, 3.63) is 53.2 Å². The fourth-order valence-electron chi connectivity index (χ4n) is 1.78. The van der Waals surface area contributed by atoms with Gasteiger partial charge in [-0.1, -0.05) is 25.1 Å². The summed E-state index contributed by atoms with van der Waals surface area (Å²) in [5, 5.41) is 3.27. The van der Waals surface area contributed by atoms with Gasteiger partial charge in [-0.25, -0.2) is 4.98 Å². The second-order valence-corrected chi connectivity index (χ2v) is 4.66. The van der Waals surface area contributed by atoms with Crippen molar-refractivity contribution in [1.82, 2.24) is 10.3 Å². The number of nitrogens with one attached hydrogen (secondary N) is 1. The van der Waals surface area contributed by atoms with Gasteiger partial charge in [0.2, 0.25) is 5.88 Å². The lowest BCUT2D eigenvalue weighted by atomic mass is 10.1. The summed E-state index contributed by atoms with van der Waals surface area (Å²) in [5.41, 5.74) is 3.46. The first-order valence-corrected chi connectivity index (χ1v) is 6.60. The van der Waals surface area contributed by atoms with Gasteiger partial charge in [0.05, 0.1) is 0 Å². The summed E-state index contributed by atoms with van der Waals surface area (Å²) < 4.78 is 5.82. The Bertz CT molecular complexity index is 535. The fourth-order valence-corrected chi connectivity index (χ4v) is 1.78. The lowest BCUT2D eigenvalue weighted by Gasteiger charge is -2.09. The zero-order valence-corrected chi connectivity index (χ0v) is 11.7. The Hall–Kier alpha value is -1.87. The van der Waals surface area contributed by atoms with Crippen molar-refractivity contribution in [3.8, 4) is 11.6 Å². The summed E-state index contributed by atoms with van der Waals surface area (Å²) in [7, 11) is 0. The Morgan fingerprint density at radius 3 is 2.68 bits per heavy atom. The Morgan fingerprint density at radius 1 is 1.16 bits per heavy atom. The first kappa shape index (κ1) is 13.6. The molecule has 0 unspecified atom stereocenters. The van der Waals surface area contributed by atoms with Crippen LogP contribution in [0.3, 0.4) is 0 Å². The number of benzene rings is 1. The summed E-state index contributed by atoms with van der Waals surface area (Å²) >= 11 is 0. The van der Waals surface area contributed by atoms with Gasteiger partial charge in [-0.05, 0) is 43.1 Å². The van der Waals surface area contributed by atoms with E-state index in [1.54, 1.807) is 0 Å². The van der Waals surface area contributed by atoms with E-state index < -0.39 is 0 Å². The minimum absolute atomic E-state index is 0.633. The highest BCUT2D eigenvalue weighted by molar-refractivity contribution is 5.38. The van der Waals surface area contributed by atoms with Crippen LogP contribution in [-0.4, -0.2) is 11.5 Å². The predicted molar refractivity (Wildman–Crippen MR) is 77.6 cm³/mol. The van der Waals surface area contributed by atoms with E-state index in [-0.39, 0.29) is 0 Å². The highest BCUT2D eigenvalue weighted by Crippen LogP contribution is 2.24. The highest BCUT2D eigenvalue weighted by Gasteiger charge is 2.03. The van der Waals surface area contributed by atoms with Gasteiger partial charge in [0.15, 0.2) is 0 Å². The van der Waals surface area contributed by atoms with E-state index >= 15 is 0 Å². The number of rotatable bonds is 5. The fraction of sp³-hybridized carbons (Fsp3) is 0.312. The zero-order chi connectivity index (χ0) is 13.7. The van der Waals surface area contributed by atoms with Crippen LogP contribution in [0.2, 0.25) is 0 Å². The van der Waals surface area contributed by atoms with Crippen LogP contribution in [0.1, 0.15) is 23.6 Å². The molecule has 1 aromatic carbocycles. The van der Waals surface area contributed by atoms with Crippen LogP contribution in [0.15, 0.2) is 36.5 Å². The number of hydrogen-bond donors (Lipinski definition) is 1. The van der Waals surface area contributed by atoms with Gasteiger partial charge in [-0.15, -0.1) is 0 Å². The molecule has 0 amide bonds. The van der Waals surface area contributed by atoms with Gasteiger partial charge in [-0.2, -0.15) is 0 Å². The van der Waals surface area contributed by atoms with Crippen LogP contribution in [0.5, 0.6) is 11.6 Å². The molecule has 0 atom stereocenters. The minimum atomic E-state index is 0.633. The van der Waals surface area contributed by atoms with Gasteiger partial charge < -0.3 is 10.1 Å². The summed E-state index contributed by atoms with van der Waals surface area (Å²) in [6, 6.07) is 10.1. The molecule has 19 heavy (non-hydrogen) atoms. The SMILES string of the molecule is CCNCc1ccc(Oc2cc(C)ccc2C)nc1. The molecule has 0 aliphatic rings. The molecule has 1 heterocycles. The van der Waals surface area contributed by atoms with Gasteiger partial charge >= 0.3 is 0 Å². The lowest BCUT2D eigenvalue weighted by molar-refractivity contribution is 0.458. The van der Waals surface area contributed by atoms with E-state index in [1.807, 2.05) is 31.3 Å². The van der Waals surface area contributed by atoms with Crippen molar-refractivity contribution in [2.45, 2.75) is 27.3 Å². The van der Waals surface area contributed by atoms with E-state index in [0.29, 0.717) is 5.88 Å². The molecule has 0 spiro atoms. The Kier molecular flexibility index (Phi) is 4.53. The second kappa shape index (κ2) is 6.34. The highest BCUT2D eigenvalue weighted by atomic mass is 16.5. The monoisotopic (exact) mass is 256 g/mol. The van der Waals surface area contributed by atoms with Crippen LogP contribution in [0.4, 0.5) is 0 Å². The van der Waals surface area contributed by atoms with Gasteiger partial charge in [0.1, 0.15) is 5.75 Å².